The number of ether oxygens (including phenoxy) is 1. The molecular weight excluding hydrogens is 271 g/mol. The third kappa shape index (κ3) is 3.07. The summed E-state index contributed by atoms with van der Waals surface area (Å²) in [6, 6.07) is 5.85. The van der Waals surface area contributed by atoms with E-state index in [0.29, 0.717) is 28.3 Å². The van der Waals surface area contributed by atoms with E-state index in [4.69, 9.17) is 4.74 Å². The molecule has 0 fully saturated rings. The van der Waals surface area contributed by atoms with Gasteiger partial charge in [0.25, 0.3) is 0 Å². The van der Waals surface area contributed by atoms with Gasteiger partial charge in [0.2, 0.25) is 0 Å². The Hall–Kier alpha value is -2.30. The number of carbonyl (C=O) groups excluding carboxylic acids is 1. The second-order valence-electron chi connectivity index (χ2n) is 5.03. The molecule has 0 unspecified atom stereocenters. The first kappa shape index (κ1) is 15.1. The molecular formula is C16H17FN2O2. The molecule has 0 spiro atoms. The molecule has 1 heterocycles. The molecule has 2 aromatic rings. The zero-order valence-corrected chi connectivity index (χ0v) is 12.5. The van der Waals surface area contributed by atoms with Gasteiger partial charge in [-0.1, -0.05) is 13.8 Å². The van der Waals surface area contributed by atoms with Crippen LogP contribution in [-0.2, 0) is 4.74 Å². The van der Waals surface area contributed by atoms with Crippen molar-refractivity contribution < 1.29 is 13.9 Å². The Labute approximate surface area is 123 Å². The van der Waals surface area contributed by atoms with Gasteiger partial charge in [-0.2, -0.15) is 0 Å². The van der Waals surface area contributed by atoms with Gasteiger partial charge in [0.05, 0.1) is 18.5 Å². The van der Waals surface area contributed by atoms with Crippen molar-refractivity contribution in [1.82, 2.24) is 9.97 Å². The highest BCUT2D eigenvalue weighted by Gasteiger charge is 2.23. The number of halogens is 1. The molecule has 21 heavy (non-hydrogen) atoms. The van der Waals surface area contributed by atoms with Crippen LogP contribution < -0.4 is 0 Å². The Morgan fingerprint density at radius 1 is 1.19 bits per heavy atom. The number of methoxy groups -OCH3 is 1. The van der Waals surface area contributed by atoms with E-state index in [1.165, 1.54) is 19.2 Å². The maximum absolute atomic E-state index is 13.1. The van der Waals surface area contributed by atoms with Gasteiger partial charge in [-0.3, -0.25) is 0 Å². The molecule has 0 aliphatic rings. The quantitative estimate of drug-likeness (QED) is 0.811. The van der Waals surface area contributed by atoms with E-state index in [-0.39, 0.29) is 11.7 Å². The third-order valence-corrected chi connectivity index (χ3v) is 3.10. The number of benzene rings is 1. The lowest BCUT2D eigenvalue weighted by Gasteiger charge is -2.15. The van der Waals surface area contributed by atoms with Gasteiger partial charge in [0, 0.05) is 5.56 Å². The third-order valence-electron chi connectivity index (χ3n) is 3.10. The molecule has 1 aromatic carbocycles. The van der Waals surface area contributed by atoms with Crippen LogP contribution in [0.4, 0.5) is 4.39 Å². The topological polar surface area (TPSA) is 52.1 Å². The van der Waals surface area contributed by atoms with Crippen molar-refractivity contribution in [2.24, 2.45) is 0 Å². The molecule has 110 valence electrons. The summed E-state index contributed by atoms with van der Waals surface area (Å²) in [5.74, 6) is -0.225. The fourth-order valence-electron chi connectivity index (χ4n) is 2.13. The van der Waals surface area contributed by atoms with Crippen LogP contribution in [0.5, 0.6) is 0 Å². The van der Waals surface area contributed by atoms with Crippen LogP contribution in [0.2, 0.25) is 0 Å². The summed E-state index contributed by atoms with van der Waals surface area (Å²) >= 11 is 0. The van der Waals surface area contributed by atoms with Crippen molar-refractivity contribution in [1.29, 1.82) is 0 Å². The summed E-state index contributed by atoms with van der Waals surface area (Å²) in [6.45, 7) is 5.66. The highest BCUT2D eigenvalue weighted by atomic mass is 19.1. The number of hydrogen-bond donors (Lipinski definition) is 0. The van der Waals surface area contributed by atoms with Crippen molar-refractivity contribution in [2.45, 2.75) is 26.7 Å². The molecule has 0 aliphatic carbocycles. The summed E-state index contributed by atoms with van der Waals surface area (Å²) in [5, 5.41) is 0. The maximum Gasteiger partial charge on any atom is 0.341 e. The summed E-state index contributed by atoms with van der Waals surface area (Å²) in [4.78, 5) is 20.8. The Morgan fingerprint density at radius 3 is 2.33 bits per heavy atom. The minimum absolute atomic E-state index is 0.0417. The van der Waals surface area contributed by atoms with E-state index < -0.39 is 5.97 Å². The Bertz CT molecular complexity index is 667. The highest BCUT2D eigenvalue weighted by Crippen LogP contribution is 2.28. The summed E-state index contributed by atoms with van der Waals surface area (Å²) in [6.07, 6.45) is 0. The molecule has 5 heteroatoms. The second-order valence-corrected chi connectivity index (χ2v) is 5.03. The van der Waals surface area contributed by atoms with Gasteiger partial charge in [-0.25, -0.2) is 19.2 Å². The van der Waals surface area contributed by atoms with Crippen molar-refractivity contribution in [3.8, 4) is 11.3 Å². The molecule has 0 bridgehead atoms. The zero-order chi connectivity index (χ0) is 15.6. The van der Waals surface area contributed by atoms with Crippen LogP contribution in [0.1, 0.15) is 41.6 Å². The van der Waals surface area contributed by atoms with E-state index in [0.717, 1.165) is 0 Å². The first-order valence-electron chi connectivity index (χ1n) is 6.66. The zero-order valence-electron chi connectivity index (χ0n) is 12.5. The number of esters is 1. The first-order chi connectivity index (χ1) is 9.93. The molecule has 0 radical (unpaired) electrons. The van der Waals surface area contributed by atoms with E-state index in [2.05, 4.69) is 9.97 Å². The Morgan fingerprint density at radius 2 is 1.81 bits per heavy atom. The van der Waals surface area contributed by atoms with Gasteiger partial charge in [0.15, 0.2) is 0 Å². The van der Waals surface area contributed by atoms with Crippen LogP contribution >= 0.6 is 0 Å². The van der Waals surface area contributed by atoms with Crippen LogP contribution in [0.15, 0.2) is 24.3 Å². The van der Waals surface area contributed by atoms with Gasteiger partial charge < -0.3 is 4.74 Å². The first-order valence-corrected chi connectivity index (χ1v) is 6.66. The van der Waals surface area contributed by atoms with Crippen LogP contribution in [0.25, 0.3) is 11.3 Å². The summed E-state index contributed by atoms with van der Waals surface area (Å²) < 4.78 is 17.9. The fourth-order valence-corrected chi connectivity index (χ4v) is 2.13. The Balaban J connectivity index is 2.74. The number of aryl methyl sites for hydroxylation is 1. The molecule has 0 N–H and O–H groups in total. The largest absolute Gasteiger partial charge is 0.465 e. The van der Waals surface area contributed by atoms with E-state index >= 15 is 0 Å². The lowest BCUT2D eigenvalue weighted by molar-refractivity contribution is 0.0599. The SMILES string of the molecule is COC(=O)c1c(-c2ccc(F)cc2)nc(C)nc1C(C)C. The van der Waals surface area contributed by atoms with E-state index in [9.17, 15) is 9.18 Å². The lowest BCUT2D eigenvalue weighted by atomic mass is 9.98. The average molecular weight is 288 g/mol. The minimum atomic E-state index is -0.488. The smallest absolute Gasteiger partial charge is 0.341 e. The molecule has 0 saturated heterocycles. The standard InChI is InChI=1S/C16H17FN2O2/c1-9(2)14-13(16(20)21-4)15(19-10(3)18-14)11-5-7-12(17)8-6-11/h5-9H,1-4H3. The van der Waals surface area contributed by atoms with Gasteiger partial charge in [-0.15, -0.1) is 0 Å². The number of hydrogen-bond acceptors (Lipinski definition) is 4. The number of aromatic nitrogens is 2. The number of rotatable bonds is 3. The molecule has 0 aliphatic heterocycles. The minimum Gasteiger partial charge on any atom is -0.465 e. The highest BCUT2D eigenvalue weighted by molar-refractivity contribution is 5.97. The van der Waals surface area contributed by atoms with Crippen LogP contribution in [0, 0.1) is 12.7 Å². The predicted octanol–water partition coefficient (Wildman–Crippen LogP) is 3.50. The van der Waals surface area contributed by atoms with Gasteiger partial charge >= 0.3 is 5.97 Å². The van der Waals surface area contributed by atoms with Crippen LogP contribution in [-0.4, -0.2) is 23.0 Å². The normalized spacial score (nSPS) is 10.8. The second kappa shape index (κ2) is 5.99. The fraction of sp³-hybridized carbons (Fsp3) is 0.312. The summed E-state index contributed by atoms with van der Waals surface area (Å²) in [5.41, 5.74) is 2.10. The van der Waals surface area contributed by atoms with Crippen molar-refractivity contribution >= 4 is 5.97 Å². The van der Waals surface area contributed by atoms with Gasteiger partial charge in [-0.05, 0) is 37.1 Å². The molecule has 0 amide bonds. The maximum atomic E-state index is 13.1. The van der Waals surface area contributed by atoms with Crippen molar-refractivity contribution in [3.05, 3.63) is 47.2 Å². The molecule has 2 rings (SSSR count). The monoisotopic (exact) mass is 288 g/mol. The van der Waals surface area contributed by atoms with E-state index in [1.54, 1.807) is 19.1 Å². The van der Waals surface area contributed by atoms with Crippen LogP contribution in [0.3, 0.4) is 0 Å². The predicted molar refractivity (Wildman–Crippen MR) is 77.6 cm³/mol. The number of nitrogens with zero attached hydrogens (tertiary/aromatic N) is 2. The lowest BCUT2D eigenvalue weighted by Crippen LogP contribution is -2.14. The molecule has 4 nitrogen and oxygen atoms in total. The van der Waals surface area contributed by atoms with Gasteiger partial charge in [0.1, 0.15) is 17.2 Å². The number of carbonyl (C=O) groups is 1. The molecule has 1 aromatic heterocycles. The average Bonchev–Trinajstić information content (AvgIpc) is 2.46. The van der Waals surface area contributed by atoms with Crippen molar-refractivity contribution in [2.75, 3.05) is 7.11 Å². The molecule has 0 atom stereocenters. The van der Waals surface area contributed by atoms with E-state index in [1.807, 2.05) is 13.8 Å². The molecule has 0 saturated carbocycles. The summed E-state index contributed by atoms with van der Waals surface area (Å²) in [7, 11) is 1.32. The Kier molecular flexibility index (Phi) is 4.31. The van der Waals surface area contributed by atoms with Crippen molar-refractivity contribution in [3.63, 3.8) is 0 Å².